The molecule has 0 spiro atoms. The SMILES string of the molecule is COc1cc(Nc2nc3ccc(Cl)cc3s2)c(Br)cc1Br. The van der Waals surface area contributed by atoms with Crippen molar-refractivity contribution in [1.29, 1.82) is 0 Å². The molecule has 21 heavy (non-hydrogen) atoms. The fourth-order valence-corrected chi connectivity index (χ4v) is 4.26. The minimum Gasteiger partial charge on any atom is -0.495 e. The molecule has 0 aliphatic rings. The van der Waals surface area contributed by atoms with Gasteiger partial charge in [-0.3, -0.25) is 0 Å². The number of anilines is 2. The number of halogens is 3. The number of ether oxygens (including phenoxy) is 1. The Morgan fingerprint density at radius 2 is 2.00 bits per heavy atom. The Bertz CT molecular complexity index is 822. The number of nitrogens with one attached hydrogen (secondary N) is 1. The number of hydrogen-bond acceptors (Lipinski definition) is 4. The van der Waals surface area contributed by atoms with Crippen LogP contribution in [-0.2, 0) is 0 Å². The standard InChI is InChI=1S/C14H9Br2ClN2OS/c1-20-12-6-11(8(15)5-9(12)16)19-14-18-10-3-2-7(17)4-13(10)21-14/h2-6H,1H3,(H,18,19). The molecule has 7 heteroatoms. The summed E-state index contributed by atoms with van der Waals surface area (Å²) in [6.45, 7) is 0. The summed E-state index contributed by atoms with van der Waals surface area (Å²) in [5, 5.41) is 4.81. The van der Waals surface area contributed by atoms with Crippen LogP contribution in [0.1, 0.15) is 0 Å². The van der Waals surface area contributed by atoms with Gasteiger partial charge in [-0.1, -0.05) is 22.9 Å². The van der Waals surface area contributed by atoms with E-state index in [1.807, 2.05) is 30.3 Å². The third kappa shape index (κ3) is 3.18. The van der Waals surface area contributed by atoms with E-state index in [1.165, 1.54) is 0 Å². The molecular formula is C14H9Br2ClN2OS. The molecule has 1 aromatic heterocycles. The summed E-state index contributed by atoms with van der Waals surface area (Å²) in [6.07, 6.45) is 0. The van der Waals surface area contributed by atoms with Gasteiger partial charge in [0, 0.05) is 15.6 Å². The molecule has 0 aliphatic heterocycles. The van der Waals surface area contributed by atoms with Gasteiger partial charge in [-0.05, 0) is 56.1 Å². The van der Waals surface area contributed by atoms with Crippen LogP contribution in [0.25, 0.3) is 10.2 Å². The molecule has 0 fully saturated rings. The summed E-state index contributed by atoms with van der Waals surface area (Å²) in [4.78, 5) is 4.54. The van der Waals surface area contributed by atoms with E-state index < -0.39 is 0 Å². The Morgan fingerprint density at radius 3 is 2.76 bits per heavy atom. The molecule has 0 amide bonds. The first-order chi connectivity index (χ1) is 10.1. The van der Waals surface area contributed by atoms with Crippen molar-refractivity contribution < 1.29 is 4.74 Å². The summed E-state index contributed by atoms with van der Waals surface area (Å²) in [5.41, 5.74) is 1.81. The Morgan fingerprint density at radius 1 is 1.19 bits per heavy atom. The maximum absolute atomic E-state index is 6.00. The number of rotatable bonds is 3. The number of nitrogens with zero attached hydrogens (tertiary/aromatic N) is 1. The van der Waals surface area contributed by atoms with E-state index in [1.54, 1.807) is 18.4 Å². The molecule has 0 atom stereocenters. The summed E-state index contributed by atoms with van der Waals surface area (Å²) in [5.74, 6) is 0.754. The van der Waals surface area contributed by atoms with Gasteiger partial charge >= 0.3 is 0 Å². The molecule has 0 bridgehead atoms. The topological polar surface area (TPSA) is 34.1 Å². The van der Waals surface area contributed by atoms with Gasteiger partial charge in [0.2, 0.25) is 0 Å². The average molecular weight is 449 g/mol. The zero-order chi connectivity index (χ0) is 15.0. The van der Waals surface area contributed by atoms with Gasteiger partial charge in [-0.15, -0.1) is 0 Å². The lowest BCUT2D eigenvalue weighted by Crippen LogP contribution is -1.93. The normalized spacial score (nSPS) is 10.9. The predicted molar refractivity (Wildman–Crippen MR) is 96.3 cm³/mol. The minimum atomic E-state index is 0.712. The van der Waals surface area contributed by atoms with Crippen molar-refractivity contribution in [1.82, 2.24) is 4.98 Å². The molecule has 0 radical (unpaired) electrons. The van der Waals surface area contributed by atoms with E-state index in [4.69, 9.17) is 16.3 Å². The van der Waals surface area contributed by atoms with E-state index in [-0.39, 0.29) is 0 Å². The van der Waals surface area contributed by atoms with Gasteiger partial charge in [0.1, 0.15) is 5.75 Å². The van der Waals surface area contributed by atoms with E-state index in [2.05, 4.69) is 42.2 Å². The van der Waals surface area contributed by atoms with Gasteiger partial charge in [0.05, 0.1) is 27.5 Å². The summed E-state index contributed by atoms with van der Waals surface area (Å²) in [7, 11) is 1.64. The molecule has 3 aromatic rings. The van der Waals surface area contributed by atoms with Crippen LogP contribution in [-0.4, -0.2) is 12.1 Å². The van der Waals surface area contributed by atoms with Gasteiger partial charge in [0.25, 0.3) is 0 Å². The lowest BCUT2D eigenvalue weighted by Gasteiger charge is -2.09. The number of fused-ring (bicyclic) bond motifs is 1. The molecule has 1 heterocycles. The van der Waals surface area contributed by atoms with Crippen molar-refractivity contribution >= 4 is 75.8 Å². The highest BCUT2D eigenvalue weighted by molar-refractivity contribution is 9.11. The van der Waals surface area contributed by atoms with Crippen molar-refractivity contribution in [2.75, 3.05) is 12.4 Å². The molecule has 2 aromatic carbocycles. The zero-order valence-corrected chi connectivity index (χ0v) is 15.5. The molecule has 1 N–H and O–H groups in total. The lowest BCUT2D eigenvalue weighted by atomic mass is 10.3. The van der Waals surface area contributed by atoms with Crippen LogP contribution < -0.4 is 10.1 Å². The molecule has 0 aliphatic carbocycles. The van der Waals surface area contributed by atoms with Crippen LogP contribution >= 0.6 is 54.8 Å². The molecule has 3 rings (SSSR count). The zero-order valence-electron chi connectivity index (χ0n) is 10.8. The van der Waals surface area contributed by atoms with Crippen molar-refractivity contribution in [3.8, 4) is 5.75 Å². The van der Waals surface area contributed by atoms with Crippen LogP contribution in [0, 0.1) is 0 Å². The quantitative estimate of drug-likeness (QED) is 0.516. The first-order valence-electron chi connectivity index (χ1n) is 5.93. The third-order valence-electron chi connectivity index (χ3n) is 2.83. The highest BCUT2D eigenvalue weighted by Crippen LogP contribution is 2.37. The highest BCUT2D eigenvalue weighted by atomic mass is 79.9. The second-order valence-electron chi connectivity index (χ2n) is 4.22. The minimum absolute atomic E-state index is 0.712. The predicted octanol–water partition coefficient (Wildman–Crippen LogP) is 6.23. The second kappa shape index (κ2) is 6.12. The number of methoxy groups -OCH3 is 1. The molecular weight excluding hydrogens is 439 g/mol. The maximum atomic E-state index is 6.00. The molecule has 0 saturated carbocycles. The van der Waals surface area contributed by atoms with Crippen LogP contribution in [0.4, 0.5) is 10.8 Å². The number of hydrogen-bond donors (Lipinski definition) is 1. The fourth-order valence-electron chi connectivity index (χ4n) is 1.85. The lowest BCUT2D eigenvalue weighted by molar-refractivity contribution is 0.412. The monoisotopic (exact) mass is 446 g/mol. The maximum Gasteiger partial charge on any atom is 0.188 e. The molecule has 3 nitrogen and oxygen atoms in total. The molecule has 0 saturated heterocycles. The largest absolute Gasteiger partial charge is 0.495 e. The molecule has 108 valence electrons. The first kappa shape index (κ1) is 15.1. The van der Waals surface area contributed by atoms with Crippen molar-refractivity contribution in [3.63, 3.8) is 0 Å². The highest BCUT2D eigenvalue weighted by Gasteiger charge is 2.10. The van der Waals surface area contributed by atoms with E-state index in [9.17, 15) is 0 Å². The number of thiazole rings is 1. The van der Waals surface area contributed by atoms with E-state index >= 15 is 0 Å². The van der Waals surface area contributed by atoms with Crippen molar-refractivity contribution in [2.45, 2.75) is 0 Å². The van der Waals surface area contributed by atoms with Crippen molar-refractivity contribution in [3.05, 3.63) is 44.3 Å². The van der Waals surface area contributed by atoms with E-state index in [0.717, 1.165) is 35.7 Å². The van der Waals surface area contributed by atoms with Gasteiger partial charge < -0.3 is 10.1 Å². The van der Waals surface area contributed by atoms with Gasteiger partial charge in [-0.25, -0.2) is 4.98 Å². The molecule has 0 unspecified atom stereocenters. The van der Waals surface area contributed by atoms with Crippen LogP contribution in [0.3, 0.4) is 0 Å². The second-order valence-corrected chi connectivity index (χ2v) is 7.40. The summed E-state index contributed by atoms with van der Waals surface area (Å²) in [6, 6.07) is 9.51. The van der Waals surface area contributed by atoms with Crippen LogP contribution in [0.15, 0.2) is 39.3 Å². The summed E-state index contributed by atoms with van der Waals surface area (Å²) >= 11 is 14.5. The smallest absolute Gasteiger partial charge is 0.188 e. The Balaban J connectivity index is 1.98. The van der Waals surface area contributed by atoms with Crippen molar-refractivity contribution in [2.24, 2.45) is 0 Å². The average Bonchev–Trinajstić information content (AvgIpc) is 2.83. The van der Waals surface area contributed by atoms with Crippen LogP contribution in [0.5, 0.6) is 5.75 Å². The Labute approximate surface area is 147 Å². The van der Waals surface area contributed by atoms with E-state index in [0.29, 0.717) is 5.02 Å². The Kier molecular flexibility index (Phi) is 4.40. The summed E-state index contributed by atoms with van der Waals surface area (Å²) < 4.78 is 8.17. The fraction of sp³-hybridized carbons (Fsp3) is 0.0714. The van der Waals surface area contributed by atoms with Gasteiger partial charge in [0.15, 0.2) is 5.13 Å². The Hall–Kier alpha value is -0.820. The van der Waals surface area contributed by atoms with Gasteiger partial charge in [-0.2, -0.15) is 0 Å². The first-order valence-corrected chi connectivity index (χ1v) is 8.71. The number of aromatic nitrogens is 1. The van der Waals surface area contributed by atoms with Crippen LogP contribution in [0.2, 0.25) is 5.02 Å². The number of benzene rings is 2. The third-order valence-corrected chi connectivity index (χ3v) is 5.28.